The predicted molar refractivity (Wildman–Crippen MR) is 59.3 cm³/mol. The van der Waals surface area contributed by atoms with Crippen LogP contribution in [0, 0.1) is 0 Å². The number of aromatic nitrogens is 1. The van der Waals surface area contributed by atoms with Gasteiger partial charge in [0.2, 0.25) is 0 Å². The first-order valence-electron chi connectivity index (χ1n) is 5.67. The van der Waals surface area contributed by atoms with E-state index >= 15 is 0 Å². The van der Waals surface area contributed by atoms with Gasteiger partial charge in [-0.1, -0.05) is 18.9 Å². The Bertz CT molecular complexity index is 289. The molecule has 3 heteroatoms. The van der Waals surface area contributed by atoms with E-state index in [1.807, 2.05) is 18.2 Å². The third-order valence-electron chi connectivity index (χ3n) is 3.00. The van der Waals surface area contributed by atoms with Gasteiger partial charge in [0.25, 0.3) is 0 Å². The third kappa shape index (κ3) is 3.01. The minimum atomic E-state index is -0.178. The Balaban J connectivity index is 1.82. The average Bonchev–Trinajstić information content (AvgIpc) is 2.29. The zero-order valence-corrected chi connectivity index (χ0v) is 8.89. The number of aliphatic hydroxyl groups is 1. The van der Waals surface area contributed by atoms with Crippen LogP contribution in [-0.4, -0.2) is 22.2 Å². The Morgan fingerprint density at radius 3 is 2.93 bits per heavy atom. The van der Waals surface area contributed by atoms with Crippen LogP contribution in [0.1, 0.15) is 31.4 Å². The smallest absolute Gasteiger partial charge is 0.0693 e. The first-order valence-corrected chi connectivity index (χ1v) is 5.67. The van der Waals surface area contributed by atoms with Gasteiger partial charge in [-0.2, -0.15) is 0 Å². The topological polar surface area (TPSA) is 45.1 Å². The molecule has 82 valence electrons. The molecule has 3 nitrogen and oxygen atoms in total. The van der Waals surface area contributed by atoms with Crippen molar-refractivity contribution in [1.82, 2.24) is 10.3 Å². The van der Waals surface area contributed by atoms with Gasteiger partial charge in [0, 0.05) is 18.8 Å². The molecule has 2 N–H and O–H groups in total. The van der Waals surface area contributed by atoms with Crippen LogP contribution in [0.2, 0.25) is 0 Å². The van der Waals surface area contributed by atoms with E-state index < -0.39 is 0 Å². The molecule has 0 amide bonds. The molecule has 0 aliphatic heterocycles. The maximum atomic E-state index is 9.76. The van der Waals surface area contributed by atoms with Crippen LogP contribution in [0.3, 0.4) is 0 Å². The highest BCUT2D eigenvalue weighted by Crippen LogP contribution is 2.18. The SMILES string of the molecule is OC1CCCCC1NCc1ccccn1. The van der Waals surface area contributed by atoms with Gasteiger partial charge in [-0.15, -0.1) is 0 Å². The fourth-order valence-electron chi connectivity index (χ4n) is 2.09. The fraction of sp³-hybridized carbons (Fsp3) is 0.583. The second-order valence-corrected chi connectivity index (χ2v) is 4.16. The van der Waals surface area contributed by atoms with Crippen molar-refractivity contribution in [2.24, 2.45) is 0 Å². The van der Waals surface area contributed by atoms with Crippen molar-refractivity contribution in [3.05, 3.63) is 30.1 Å². The summed E-state index contributed by atoms with van der Waals surface area (Å²) in [5.41, 5.74) is 1.04. The van der Waals surface area contributed by atoms with Gasteiger partial charge in [0.05, 0.1) is 11.8 Å². The van der Waals surface area contributed by atoms with Crippen LogP contribution in [0.15, 0.2) is 24.4 Å². The minimum absolute atomic E-state index is 0.178. The van der Waals surface area contributed by atoms with Crippen molar-refractivity contribution in [2.75, 3.05) is 0 Å². The number of nitrogens with one attached hydrogen (secondary N) is 1. The van der Waals surface area contributed by atoms with Crippen LogP contribution in [-0.2, 0) is 6.54 Å². The van der Waals surface area contributed by atoms with Gasteiger partial charge >= 0.3 is 0 Å². The van der Waals surface area contributed by atoms with Crippen molar-refractivity contribution in [3.63, 3.8) is 0 Å². The lowest BCUT2D eigenvalue weighted by molar-refractivity contribution is 0.0901. The summed E-state index contributed by atoms with van der Waals surface area (Å²) in [5.74, 6) is 0. The van der Waals surface area contributed by atoms with Crippen molar-refractivity contribution in [3.8, 4) is 0 Å². The molecule has 1 fully saturated rings. The zero-order valence-electron chi connectivity index (χ0n) is 8.89. The molecule has 0 spiro atoms. The lowest BCUT2D eigenvalue weighted by atomic mass is 9.92. The van der Waals surface area contributed by atoms with E-state index in [9.17, 15) is 5.11 Å². The number of nitrogens with zero attached hydrogens (tertiary/aromatic N) is 1. The summed E-state index contributed by atoms with van der Waals surface area (Å²) in [7, 11) is 0. The minimum Gasteiger partial charge on any atom is -0.392 e. The molecule has 2 unspecified atom stereocenters. The second-order valence-electron chi connectivity index (χ2n) is 4.16. The van der Waals surface area contributed by atoms with Gasteiger partial charge in [-0.25, -0.2) is 0 Å². The standard InChI is InChI=1S/C12H18N2O/c15-12-7-2-1-6-11(12)14-9-10-5-3-4-8-13-10/h3-5,8,11-12,14-15H,1-2,6-7,9H2. The molecule has 0 bridgehead atoms. The fourth-order valence-corrected chi connectivity index (χ4v) is 2.09. The van der Waals surface area contributed by atoms with E-state index in [4.69, 9.17) is 0 Å². The molecule has 1 aliphatic carbocycles. The summed E-state index contributed by atoms with van der Waals surface area (Å²) in [6.07, 6.45) is 6.00. The quantitative estimate of drug-likeness (QED) is 0.787. The Kier molecular flexibility index (Phi) is 3.69. The maximum Gasteiger partial charge on any atom is 0.0693 e. The van der Waals surface area contributed by atoms with Gasteiger partial charge in [-0.3, -0.25) is 4.98 Å². The second kappa shape index (κ2) is 5.24. The van der Waals surface area contributed by atoms with Crippen molar-refractivity contribution < 1.29 is 5.11 Å². The molecule has 1 aromatic heterocycles. The predicted octanol–water partition coefficient (Wildman–Crippen LogP) is 1.47. The summed E-state index contributed by atoms with van der Waals surface area (Å²) in [4.78, 5) is 4.24. The van der Waals surface area contributed by atoms with E-state index in [0.717, 1.165) is 31.5 Å². The van der Waals surface area contributed by atoms with E-state index in [-0.39, 0.29) is 12.1 Å². The highest BCUT2D eigenvalue weighted by atomic mass is 16.3. The summed E-state index contributed by atoms with van der Waals surface area (Å²) in [5, 5.41) is 13.1. The van der Waals surface area contributed by atoms with Crippen LogP contribution < -0.4 is 5.32 Å². The first-order chi connectivity index (χ1) is 7.36. The summed E-state index contributed by atoms with van der Waals surface area (Å²) >= 11 is 0. The number of pyridine rings is 1. The maximum absolute atomic E-state index is 9.76. The summed E-state index contributed by atoms with van der Waals surface area (Å²) in [6, 6.07) is 6.16. The molecule has 1 aromatic rings. The zero-order chi connectivity index (χ0) is 10.5. The largest absolute Gasteiger partial charge is 0.392 e. The van der Waals surface area contributed by atoms with Gasteiger partial charge in [-0.05, 0) is 25.0 Å². The number of hydrogen-bond donors (Lipinski definition) is 2. The first kappa shape index (κ1) is 10.6. The van der Waals surface area contributed by atoms with Crippen molar-refractivity contribution in [1.29, 1.82) is 0 Å². The monoisotopic (exact) mass is 206 g/mol. The van der Waals surface area contributed by atoms with E-state index in [2.05, 4.69) is 10.3 Å². The molecule has 1 saturated carbocycles. The normalized spacial score (nSPS) is 26.5. The molecular formula is C12H18N2O. The number of aliphatic hydroxyl groups excluding tert-OH is 1. The molecule has 0 radical (unpaired) electrons. The number of rotatable bonds is 3. The number of hydrogen-bond acceptors (Lipinski definition) is 3. The highest BCUT2D eigenvalue weighted by Gasteiger charge is 2.21. The van der Waals surface area contributed by atoms with Gasteiger partial charge < -0.3 is 10.4 Å². The molecule has 0 aromatic carbocycles. The summed E-state index contributed by atoms with van der Waals surface area (Å²) in [6.45, 7) is 0.753. The Morgan fingerprint density at radius 1 is 1.33 bits per heavy atom. The molecule has 2 rings (SSSR count). The molecule has 15 heavy (non-hydrogen) atoms. The van der Waals surface area contributed by atoms with Crippen LogP contribution >= 0.6 is 0 Å². The van der Waals surface area contributed by atoms with E-state index in [0.29, 0.717) is 0 Å². The Hall–Kier alpha value is -0.930. The molecule has 2 atom stereocenters. The third-order valence-corrected chi connectivity index (χ3v) is 3.00. The van der Waals surface area contributed by atoms with Crippen molar-refractivity contribution >= 4 is 0 Å². The lowest BCUT2D eigenvalue weighted by Crippen LogP contribution is -2.41. The van der Waals surface area contributed by atoms with Crippen molar-refractivity contribution in [2.45, 2.75) is 44.4 Å². The molecule has 0 saturated heterocycles. The van der Waals surface area contributed by atoms with Crippen LogP contribution in [0.5, 0.6) is 0 Å². The Labute approximate surface area is 90.5 Å². The van der Waals surface area contributed by atoms with Crippen LogP contribution in [0.25, 0.3) is 0 Å². The molecule has 1 heterocycles. The lowest BCUT2D eigenvalue weighted by Gasteiger charge is -2.28. The molecular weight excluding hydrogens is 188 g/mol. The van der Waals surface area contributed by atoms with Gasteiger partial charge in [0.1, 0.15) is 0 Å². The van der Waals surface area contributed by atoms with Crippen LogP contribution in [0.4, 0.5) is 0 Å². The van der Waals surface area contributed by atoms with E-state index in [1.54, 1.807) is 6.20 Å². The van der Waals surface area contributed by atoms with E-state index in [1.165, 1.54) is 6.42 Å². The van der Waals surface area contributed by atoms with Gasteiger partial charge in [0.15, 0.2) is 0 Å². The average molecular weight is 206 g/mol. The Morgan fingerprint density at radius 2 is 2.20 bits per heavy atom. The summed E-state index contributed by atoms with van der Waals surface area (Å²) < 4.78 is 0. The highest BCUT2D eigenvalue weighted by molar-refractivity contribution is 5.03. The molecule has 1 aliphatic rings.